The second-order valence-corrected chi connectivity index (χ2v) is 4.99. The van der Waals surface area contributed by atoms with Gasteiger partial charge in [0.2, 0.25) is 5.91 Å². The van der Waals surface area contributed by atoms with Crippen LogP contribution in [0.25, 0.3) is 0 Å². The largest absolute Gasteiger partial charge is 0.481 e. The maximum atomic E-state index is 11.4. The van der Waals surface area contributed by atoms with E-state index in [0.717, 1.165) is 12.8 Å². The van der Waals surface area contributed by atoms with Crippen molar-refractivity contribution in [3.63, 3.8) is 0 Å². The number of amides is 1. The molecule has 1 aliphatic rings. The van der Waals surface area contributed by atoms with Crippen LogP contribution in [0.15, 0.2) is 0 Å². The normalized spacial score (nSPS) is 24.6. The van der Waals surface area contributed by atoms with Gasteiger partial charge in [-0.2, -0.15) is 0 Å². The average molecular weight is 242 g/mol. The molecule has 1 fully saturated rings. The van der Waals surface area contributed by atoms with E-state index in [1.807, 2.05) is 13.8 Å². The Kier molecular flexibility index (Phi) is 5.41. The summed E-state index contributed by atoms with van der Waals surface area (Å²) in [6.07, 6.45) is 3.09. The molecular formula is C12H22N2O3. The van der Waals surface area contributed by atoms with Crippen molar-refractivity contribution in [3.05, 3.63) is 0 Å². The summed E-state index contributed by atoms with van der Waals surface area (Å²) in [5, 5.41) is 14.9. The summed E-state index contributed by atoms with van der Waals surface area (Å²) < 4.78 is 0. The van der Waals surface area contributed by atoms with E-state index in [1.165, 1.54) is 0 Å². The number of carboxylic acid groups (broad SMARTS) is 1. The Hall–Kier alpha value is -1.10. The fraction of sp³-hybridized carbons (Fsp3) is 0.833. The molecule has 0 aliphatic heterocycles. The number of carboxylic acids is 1. The minimum atomic E-state index is -0.694. The molecule has 98 valence electrons. The Morgan fingerprint density at radius 1 is 1.24 bits per heavy atom. The van der Waals surface area contributed by atoms with Gasteiger partial charge >= 0.3 is 5.97 Å². The first-order valence-corrected chi connectivity index (χ1v) is 6.24. The van der Waals surface area contributed by atoms with Crippen molar-refractivity contribution in [3.8, 4) is 0 Å². The maximum absolute atomic E-state index is 11.4. The van der Waals surface area contributed by atoms with Gasteiger partial charge in [0.25, 0.3) is 0 Å². The third-order valence-corrected chi connectivity index (χ3v) is 3.08. The van der Waals surface area contributed by atoms with Gasteiger partial charge in [0.05, 0.1) is 12.5 Å². The van der Waals surface area contributed by atoms with Crippen LogP contribution in [0.3, 0.4) is 0 Å². The Labute approximate surface area is 102 Å². The van der Waals surface area contributed by atoms with E-state index >= 15 is 0 Å². The van der Waals surface area contributed by atoms with Gasteiger partial charge in [-0.1, -0.05) is 0 Å². The van der Waals surface area contributed by atoms with Crippen molar-refractivity contribution >= 4 is 11.9 Å². The zero-order valence-electron chi connectivity index (χ0n) is 10.5. The smallest absolute Gasteiger partial charge is 0.306 e. The van der Waals surface area contributed by atoms with Gasteiger partial charge in [0.1, 0.15) is 0 Å². The van der Waals surface area contributed by atoms with Crippen LogP contribution in [0.2, 0.25) is 0 Å². The number of hydrogen-bond acceptors (Lipinski definition) is 3. The standard InChI is InChI=1S/C12H22N2O3/c1-8(2)14-11(15)7-13-10-5-3-9(4-6-10)12(16)17/h8-10,13H,3-7H2,1-2H3,(H,14,15)(H,16,17). The predicted molar refractivity (Wildman–Crippen MR) is 64.7 cm³/mol. The lowest BCUT2D eigenvalue weighted by Gasteiger charge is -2.26. The number of aliphatic carboxylic acids is 1. The summed E-state index contributed by atoms with van der Waals surface area (Å²) in [7, 11) is 0. The molecule has 1 rings (SSSR count). The van der Waals surface area contributed by atoms with Crippen molar-refractivity contribution in [2.45, 2.75) is 51.6 Å². The molecule has 0 bridgehead atoms. The number of rotatable bonds is 5. The van der Waals surface area contributed by atoms with Gasteiger partial charge in [-0.25, -0.2) is 0 Å². The highest BCUT2D eigenvalue weighted by Crippen LogP contribution is 2.24. The number of carbonyl (C=O) groups excluding carboxylic acids is 1. The quantitative estimate of drug-likeness (QED) is 0.664. The van der Waals surface area contributed by atoms with E-state index in [9.17, 15) is 9.59 Å². The molecule has 0 aromatic rings. The van der Waals surface area contributed by atoms with Crippen LogP contribution in [0.4, 0.5) is 0 Å². The molecule has 0 heterocycles. The summed E-state index contributed by atoms with van der Waals surface area (Å²) >= 11 is 0. The number of nitrogens with one attached hydrogen (secondary N) is 2. The van der Waals surface area contributed by atoms with Crippen molar-refractivity contribution in [2.75, 3.05) is 6.54 Å². The molecule has 5 nitrogen and oxygen atoms in total. The van der Waals surface area contributed by atoms with Crippen molar-refractivity contribution in [1.82, 2.24) is 10.6 Å². The molecule has 1 saturated carbocycles. The van der Waals surface area contributed by atoms with Crippen LogP contribution >= 0.6 is 0 Å². The minimum absolute atomic E-state index is 0.000332. The van der Waals surface area contributed by atoms with E-state index in [1.54, 1.807) is 0 Å². The summed E-state index contributed by atoms with van der Waals surface area (Å²) in [5.41, 5.74) is 0. The first-order chi connectivity index (χ1) is 7.99. The first kappa shape index (κ1) is 14.0. The Morgan fingerprint density at radius 2 is 1.82 bits per heavy atom. The van der Waals surface area contributed by atoms with Crippen molar-refractivity contribution in [1.29, 1.82) is 0 Å². The van der Waals surface area contributed by atoms with Gasteiger partial charge in [0.15, 0.2) is 0 Å². The lowest BCUT2D eigenvalue weighted by Crippen LogP contribution is -2.43. The Morgan fingerprint density at radius 3 is 2.29 bits per heavy atom. The molecule has 0 unspecified atom stereocenters. The SMILES string of the molecule is CC(C)NC(=O)CNC1CCC(C(=O)O)CC1. The molecule has 0 saturated heterocycles. The van der Waals surface area contributed by atoms with Gasteiger partial charge in [0, 0.05) is 12.1 Å². The molecule has 17 heavy (non-hydrogen) atoms. The molecule has 1 aliphatic carbocycles. The number of carbonyl (C=O) groups is 2. The summed E-state index contributed by atoms with van der Waals surface area (Å²) in [5.74, 6) is -0.890. The highest BCUT2D eigenvalue weighted by molar-refractivity contribution is 5.78. The molecule has 0 atom stereocenters. The summed E-state index contributed by atoms with van der Waals surface area (Å²) in [4.78, 5) is 22.2. The zero-order valence-corrected chi connectivity index (χ0v) is 10.5. The molecule has 0 aromatic heterocycles. The lowest BCUT2D eigenvalue weighted by molar-refractivity contribution is -0.143. The zero-order chi connectivity index (χ0) is 12.8. The number of hydrogen-bond donors (Lipinski definition) is 3. The third-order valence-electron chi connectivity index (χ3n) is 3.08. The Bertz CT molecular complexity index is 271. The van der Waals surface area contributed by atoms with E-state index in [2.05, 4.69) is 10.6 Å². The lowest BCUT2D eigenvalue weighted by atomic mass is 9.86. The molecule has 0 radical (unpaired) electrons. The average Bonchev–Trinajstić information content (AvgIpc) is 2.26. The van der Waals surface area contributed by atoms with Crippen molar-refractivity contribution < 1.29 is 14.7 Å². The van der Waals surface area contributed by atoms with Crippen LogP contribution in [0, 0.1) is 5.92 Å². The van der Waals surface area contributed by atoms with E-state index in [4.69, 9.17) is 5.11 Å². The van der Waals surface area contributed by atoms with Gasteiger partial charge in [-0.15, -0.1) is 0 Å². The molecule has 5 heteroatoms. The Balaban J connectivity index is 2.18. The van der Waals surface area contributed by atoms with Gasteiger partial charge in [-0.05, 0) is 39.5 Å². The molecular weight excluding hydrogens is 220 g/mol. The third kappa shape index (κ3) is 5.17. The van der Waals surface area contributed by atoms with E-state index in [0.29, 0.717) is 19.4 Å². The van der Waals surface area contributed by atoms with E-state index in [-0.39, 0.29) is 23.9 Å². The van der Waals surface area contributed by atoms with E-state index < -0.39 is 5.97 Å². The van der Waals surface area contributed by atoms with Crippen LogP contribution in [0.5, 0.6) is 0 Å². The van der Waals surface area contributed by atoms with Crippen LogP contribution < -0.4 is 10.6 Å². The van der Waals surface area contributed by atoms with Gasteiger partial charge in [-0.3, -0.25) is 9.59 Å². The van der Waals surface area contributed by atoms with Gasteiger partial charge < -0.3 is 15.7 Å². The van der Waals surface area contributed by atoms with Crippen LogP contribution in [0.1, 0.15) is 39.5 Å². The topological polar surface area (TPSA) is 78.4 Å². The highest BCUT2D eigenvalue weighted by atomic mass is 16.4. The molecule has 1 amide bonds. The minimum Gasteiger partial charge on any atom is -0.481 e. The fourth-order valence-corrected chi connectivity index (χ4v) is 2.15. The molecule has 0 aromatic carbocycles. The highest BCUT2D eigenvalue weighted by Gasteiger charge is 2.25. The summed E-state index contributed by atoms with van der Waals surface area (Å²) in [6.45, 7) is 4.17. The fourth-order valence-electron chi connectivity index (χ4n) is 2.15. The second kappa shape index (κ2) is 6.59. The van der Waals surface area contributed by atoms with Crippen molar-refractivity contribution in [2.24, 2.45) is 5.92 Å². The van der Waals surface area contributed by atoms with Crippen LogP contribution in [-0.2, 0) is 9.59 Å². The predicted octanol–water partition coefficient (Wildman–Crippen LogP) is 0.744. The summed E-state index contributed by atoms with van der Waals surface area (Å²) in [6, 6.07) is 0.440. The monoisotopic (exact) mass is 242 g/mol. The first-order valence-electron chi connectivity index (χ1n) is 6.24. The van der Waals surface area contributed by atoms with Crippen LogP contribution in [-0.4, -0.2) is 35.6 Å². The second-order valence-electron chi connectivity index (χ2n) is 4.99. The maximum Gasteiger partial charge on any atom is 0.306 e. The molecule has 0 spiro atoms. The molecule has 3 N–H and O–H groups in total.